The zero-order valence-electron chi connectivity index (χ0n) is 12.7. The average molecular weight is 261 g/mol. The second-order valence-electron chi connectivity index (χ2n) is 6.73. The van der Waals surface area contributed by atoms with Gasteiger partial charge < -0.3 is 10.2 Å². The highest BCUT2D eigenvalue weighted by Crippen LogP contribution is 2.32. The molecular weight excluding hydrogens is 234 g/mol. The molecule has 0 amide bonds. The summed E-state index contributed by atoms with van der Waals surface area (Å²) < 4.78 is 0. The van der Waals surface area contributed by atoms with Crippen molar-refractivity contribution in [2.45, 2.75) is 53.1 Å². The zero-order chi connectivity index (χ0) is 13.9. The highest BCUT2D eigenvalue weighted by atomic mass is 15.1. The summed E-state index contributed by atoms with van der Waals surface area (Å²) in [5, 5.41) is 3.50. The van der Waals surface area contributed by atoms with Crippen LogP contribution in [-0.2, 0) is 6.54 Å². The number of nitrogens with one attached hydrogen (secondary N) is 1. The Morgan fingerprint density at radius 1 is 1.42 bits per heavy atom. The van der Waals surface area contributed by atoms with Gasteiger partial charge in [-0.1, -0.05) is 27.7 Å². The van der Waals surface area contributed by atoms with Crippen molar-refractivity contribution >= 4 is 5.69 Å². The molecule has 2 rings (SSSR count). The van der Waals surface area contributed by atoms with Gasteiger partial charge in [0.15, 0.2) is 0 Å². The van der Waals surface area contributed by atoms with Crippen LogP contribution >= 0.6 is 0 Å². The van der Waals surface area contributed by atoms with Gasteiger partial charge in [-0.2, -0.15) is 0 Å². The predicted octanol–water partition coefficient (Wildman–Crippen LogP) is 3.21. The number of hydrogen-bond acceptors (Lipinski definition) is 3. The lowest BCUT2D eigenvalue weighted by Crippen LogP contribution is -2.40. The van der Waals surface area contributed by atoms with E-state index in [1.165, 1.54) is 30.6 Å². The van der Waals surface area contributed by atoms with Crippen molar-refractivity contribution in [3.05, 3.63) is 24.0 Å². The monoisotopic (exact) mass is 261 g/mol. The van der Waals surface area contributed by atoms with E-state index < -0.39 is 0 Å². The van der Waals surface area contributed by atoms with E-state index in [4.69, 9.17) is 0 Å². The summed E-state index contributed by atoms with van der Waals surface area (Å²) in [5.74, 6) is 0. The summed E-state index contributed by atoms with van der Waals surface area (Å²) >= 11 is 0. The fraction of sp³-hybridized carbons (Fsp3) is 0.688. The minimum atomic E-state index is 0.421. The van der Waals surface area contributed by atoms with E-state index in [0.717, 1.165) is 13.1 Å². The Balaban J connectivity index is 2.14. The molecule has 3 heteroatoms. The van der Waals surface area contributed by atoms with Crippen molar-refractivity contribution in [3.8, 4) is 0 Å². The maximum absolute atomic E-state index is 4.29. The molecule has 2 heterocycles. The maximum Gasteiger partial charge on any atom is 0.0443 e. The molecule has 0 aromatic carbocycles. The molecule has 0 spiro atoms. The van der Waals surface area contributed by atoms with E-state index in [2.05, 4.69) is 49.0 Å². The van der Waals surface area contributed by atoms with Gasteiger partial charge in [0.1, 0.15) is 0 Å². The fourth-order valence-corrected chi connectivity index (χ4v) is 2.81. The number of pyridine rings is 1. The predicted molar refractivity (Wildman–Crippen MR) is 81.4 cm³/mol. The number of rotatable bonds is 4. The van der Waals surface area contributed by atoms with Crippen LogP contribution in [0.3, 0.4) is 0 Å². The van der Waals surface area contributed by atoms with Crippen molar-refractivity contribution in [1.29, 1.82) is 0 Å². The largest absolute Gasteiger partial charge is 0.371 e. The Bertz CT molecular complexity index is 412. The molecule has 1 aliphatic heterocycles. The number of nitrogens with zero attached hydrogens (tertiary/aromatic N) is 2. The van der Waals surface area contributed by atoms with E-state index >= 15 is 0 Å². The zero-order valence-corrected chi connectivity index (χ0v) is 12.7. The van der Waals surface area contributed by atoms with Crippen molar-refractivity contribution < 1.29 is 0 Å². The number of anilines is 1. The van der Waals surface area contributed by atoms with Crippen LogP contribution in [-0.4, -0.2) is 24.1 Å². The summed E-state index contributed by atoms with van der Waals surface area (Å²) in [6, 6.07) is 2.67. The lowest BCUT2D eigenvalue weighted by molar-refractivity contribution is 0.292. The smallest absolute Gasteiger partial charge is 0.0443 e. The molecule has 1 saturated heterocycles. The molecule has 1 aromatic rings. The molecule has 1 aliphatic rings. The Hall–Kier alpha value is -1.09. The Labute approximate surface area is 117 Å². The van der Waals surface area contributed by atoms with Crippen molar-refractivity contribution in [2.75, 3.05) is 18.0 Å². The molecule has 3 nitrogen and oxygen atoms in total. The number of piperidine rings is 1. The van der Waals surface area contributed by atoms with Gasteiger partial charge in [0.2, 0.25) is 0 Å². The number of hydrogen-bond donors (Lipinski definition) is 1. The topological polar surface area (TPSA) is 28.2 Å². The van der Waals surface area contributed by atoms with E-state index in [1.807, 2.05) is 12.4 Å². The summed E-state index contributed by atoms with van der Waals surface area (Å²) in [5.41, 5.74) is 3.09. The van der Waals surface area contributed by atoms with Crippen LogP contribution in [0.25, 0.3) is 0 Å². The van der Waals surface area contributed by atoms with E-state index in [0.29, 0.717) is 11.5 Å². The van der Waals surface area contributed by atoms with Crippen LogP contribution in [0.5, 0.6) is 0 Å². The summed E-state index contributed by atoms with van der Waals surface area (Å²) in [7, 11) is 0. The molecule has 1 fully saturated rings. The average Bonchev–Trinajstić information content (AvgIpc) is 2.35. The molecule has 0 radical (unpaired) electrons. The van der Waals surface area contributed by atoms with Crippen LogP contribution in [0, 0.1) is 5.41 Å². The van der Waals surface area contributed by atoms with Gasteiger partial charge >= 0.3 is 0 Å². The van der Waals surface area contributed by atoms with Crippen LogP contribution in [0.15, 0.2) is 18.5 Å². The van der Waals surface area contributed by atoms with Gasteiger partial charge in [0, 0.05) is 49.3 Å². The molecule has 106 valence electrons. The second kappa shape index (κ2) is 5.91. The first-order valence-corrected chi connectivity index (χ1v) is 7.39. The fourth-order valence-electron chi connectivity index (χ4n) is 2.81. The Morgan fingerprint density at radius 2 is 2.21 bits per heavy atom. The lowest BCUT2D eigenvalue weighted by atomic mass is 9.84. The standard InChI is InChI=1S/C16H27N3/c1-13(2)18-11-14-10-17-8-6-15(14)19-9-5-7-16(3,4)12-19/h6,8,10,13,18H,5,7,9,11-12H2,1-4H3. The van der Waals surface area contributed by atoms with Crippen LogP contribution in [0.2, 0.25) is 0 Å². The van der Waals surface area contributed by atoms with Gasteiger partial charge in [-0.15, -0.1) is 0 Å². The minimum absolute atomic E-state index is 0.421. The van der Waals surface area contributed by atoms with Gasteiger partial charge in [-0.3, -0.25) is 4.98 Å². The van der Waals surface area contributed by atoms with Crippen LogP contribution in [0.4, 0.5) is 5.69 Å². The van der Waals surface area contributed by atoms with E-state index in [9.17, 15) is 0 Å². The molecule has 1 N–H and O–H groups in total. The first-order valence-electron chi connectivity index (χ1n) is 7.39. The molecule has 0 saturated carbocycles. The quantitative estimate of drug-likeness (QED) is 0.902. The van der Waals surface area contributed by atoms with Crippen LogP contribution < -0.4 is 10.2 Å². The Morgan fingerprint density at radius 3 is 2.89 bits per heavy atom. The molecule has 0 aliphatic carbocycles. The van der Waals surface area contributed by atoms with Crippen molar-refractivity contribution in [2.24, 2.45) is 5.41 Å². The first-order chi connectivity index (χ1) is 8.98. The SMILES string of the molecule is CC(C)NCc1cnccc1N1CCCC(C)(C)C1. The maximum atomic E-state index is 4.29. The van der Waals surface area contributed by atoms with Gasteiger partial charge in [-0.25, -0.2) is 0 Å². The third kappa shape index (κ3) is 3.93. The Kier molecular flexibility index (Phi) is 4.46. The summed E-state index contributed by atoms with van der Waals surface area (Å²) in [6.07, 6.45) is 6.53. The molecule has 0 bridgehead atoms. The van der Waals surface area contributed by atoms with Gasteiger partial charge in [-0.05, 0) is 24.3 Å². The van der Waals surface area contributed by atoms with Crippen molar-refractivity contribution in [3.63, 3.8) is 0 Å². The summed E-state index contributed by atoms with van der Waals surface area (Å²) in [6.45, 7) is 12.3. The number of aromatic nitrogens is 1. The molecule has 0 unspecified atom stereocenters. The molecular formula is C16H27N3. The molecule has 0 atom stereocenters. The highest BCUT2D eigenvalue weighted by molar-refractivity contribution is 5.52. The third-order valence-corrected chi connectivity index (χ3v) is 3.82. The normalized spacial score (nSPS) is 18.9. The highest BCUT2D eigenvalue weighted by Gasteiger charge is 2.27. The van der Waals surface area contributed by atoms with Crippen LogP contribution in [0.1, 0.15) is 46.1 Å². The first kappa shape index (κ1) is 14.3. The second-order valence-corrected chi connectivity index (χ2v) is 6.73. The van der Waals surface area contributed by atoms with Gasteiger partial charge in [0.05, 0.1) is 0 Å². The lowest BCUT2D eigenvalue weighted by Gasteiger charge is -2.40. The molecule has 1 aromatic heterocycles. The minimum Gasteiger partial charge on any atom is -0.371 e. The third-order valence-electron chi connectivity index (χ3n) is 3.82. The molecule has 19 heavy (non-hydrogen) atoms. The van der Waals surface area contributed by atoms with E-state index in [1.54, 1.807) is 0 Å². The van der Waals surface area contributed by atoms with Gasteiger partial charge in [0.25, 0.3) is 0 Å². The van der Waals surface area contributed by atoms with E-state index in [-0.39, 0.29) is 0 Å². The summed E-state index contributed by atoms with van der Waals surface area (Å²) in [4.78, 5) is 6.82. The van der Waals surface area contributed by atoms with Crippen molar-refractivity contribution in [1.82, 2.24) is 10.3 Å².